The number of hydrogen-bond acceptors (Lipinski definition) is 7. The molecule has 3 rings (SSSR count). The number of aryl methyl sites for hydroxylation is 1. The summed E-state index contributed by atoms with van der Waals surface area (Å²) in [4.78, 5) is 12.0. The number of amides is 1. The van der Waals surface area contributed by atoms with Crippen molar-refractivity contribution in [3.8, 4) is 11.5 Å². The largest absolute Gasteiger partial charge is 0.486 e. The summed E-state index contributed by atoms with van der Waals surface area (Å²) < 4.78 is 12.0. The summed E-state index contributed by atoms with van der Waals surface area (Å²) in [7, 11) is 0. The number of aromatic nitrogens is 2. The van der Waals surface area contributed by atoms with Crippen LogP contribution in [-0.4, -0.2) is 35.1 Å². The summed E-state index contributed by atoms with van der Waals surface area (Å²) in [5.74, 6) is 2.57. The summed E-state index contributed by atoms with van der Waals surface area (Å²) in [5.41, 5.74) is 1.14. The van der Waals surface area contributed by atoms with Crippen LogP contribution >= 0.6 is 23.1 Å². The molecule has 6 nitrogen and oxygen atoms in total. The molecular weight excluding hydrogens is 358 g/mol. The lowest BCUT2D eigenvalue weighted by molar-refractivity contribution is -0.116. The highest BCUT2D eigenvalue weighted by Gasteiger charge is 2.12. The summed E-state index contributed by atoms with van der Waals surface area (Å²) in [6.07, 6.45) is 3.12. The quantitative estimate of drug-likeness (QED) is 0.556. The molecule has 0 bridgehead atoms. The van der Waals surface area contributed by atoms with Crippen molar-refractivity contribution in [1.82, 2.24) is 10.2 Å². The van der Waals surface area contributed by atoms with Crippen LogP contribution in [-0.2, 0) is 11.2 Å². The first-order valence-electron chi connectivity index (χ1n) is 8.39. The first-order chi connectivity index (χ1) is 12.2. The number of thioether (sulfide) groups is 1. The van der Waals surface area contributed by atoms with Gasteiger partial charge in [0, 0.05) is 12.2 Å². The van der Waals surface area contributed by atoms with E-state index in [1.807, 2.05) is 18.2 Å². The van der Waals surface area contributed by atoms with Crippen LogP contribution < -0.4 is 14.8 Å². The third-order valence-corrected chi connectivity index (χ3v) is 5.74. The molecule has 1 aromatic heterocycles. The van der Waals surface area contributed by atoms with Gasteiger partial charge in [-0.25, -0.2) is 0 Å². The fourth-order valence-electron chi connectivity index (χ4n) is 2.39. The van der Waals surface area contributed by atoms with E-state index in [0.29, 0.717) is 24.8 Å². The number of anilines is 1. The summed E-state index contributed by atoms with van der Waals surface area (Å²) >= 11 is 3.09. The second kappa shape index (κ2) is 9.05. The Kier molecular flexibility index (Phi) is 6.52. The Morgan fingerprint density at radius 1 is 1.28 bits per heavy atom. The van der Waals surface area contributed by atoms with Gasteiger partial charge in [-0.15, -0.1) is 10.2 Å². The molecule has 1 aliphatic heterocycles. The second-order valence-electron chi connectivity index (χ2n) is 5.60. The fraction of sp³-hybridized carbons (Fsp3) is 0.471. The number of fused-ring (bicyclic) bond motifs is 1. The number of hydrogen-bond donors (Lipinski definition) is 1. The zero-order chi connectivity index (χ0) is 17.5. The van der Waals surface area contributed by atoms with Crippen molar-refractivity contribution in [2.45, 2.75) is 36.9 Å². The minimum atomic E-state index is -0.0271. The van der Waals surface area contributed by atoms with E-state index in [1.165, 1.54) is 11.3 Å². The van der Waals surface area contributed by atoms with Gasteiger partial charge in [0.05, 0.1) is 0 Å². The Hall–Kier alpha value is -1.80. The number of carbonyl (C=O) groups is 1. The maximum atomic E-state index is 12.0. The lowest BCUT2D eigenvalue weighted by Crippen LogP contribution is -2.15. The molecule has 2 aromatic rings. The van der Waals surface area contributed by atoms with E-state index in [2.05, 4.69) is 22.4 Å². The third kappa shape index (κ3) is 5.34. The number of rotatable bonds is 8. The molecule has 25 heavy (non-hydrogen) atoms. The molecule has 0 aliphatic carbocycles. The standard InChI is InChI=1S/C17H21N3O3S2/c1-2-10-24-17-20-19-16(25-17)18-15(21)5-3-4-12-6-7-13-14(11-12)23-9-8-22-13/h6-7,11H,2-5,8-10H2,1H3,(H,18,19,21). The molecule has 0 atom stereocenters. The van der Waals surface area contributed by atoms with Crippen molar-refractivity contribution in [3.63, 3.8) is 0 Å². The van der Waals surface area contributed by atoms with Crippen LogP contribution in [0.1, 0.15) is 31.7 Å². The van der Waals surface area contributed by atoms with E-state index in [-0.39, 0.29) is 5.91 Å². The normalized spacial score (nSPS) is 12.8. The predicted octanol–water partition coefficient (Wildman–Crippen LogP) is 3.77. The highest BCUT2D eigenvalue weighted by Crippen LogP contribution is 2.31. The molecule has 8 heteroatoms. The van der Waals surface area contributed by atoms with Gasteiger partial charge in [-0.2, -0.15) is 0 Å². The van der Waals surface area contributed by atoms with Gasteiger partial charge in [-0.05, 0) is 37.0 Å². The molecule has 1 N–H and O–H groups in total. The van der Waals surface area contributed by atoms with Crippen LogP contribution in [0, 0.1) is 0 Å². The predicted molar refractivity (Wildman–Crippen MR) is 99.9 cm³/mol. The summed E-state index contributed by atoms with van der Waals surface area (Å²) in [6, 6.07) is 5.95. The van der Waals surface area contributed by atoms with Gasteiger partial charge in [-0.1, -0.05) is 36.1 Å². The molecule has 1 amide bonds. The van der Waals surface area contributed by atoms with Crippen LogP contribution in [0.15, 0.2) is 22.5 Å². The maximum absolute atomic E-state index is 12.0. The Balaban J connectivity index is 1.42. The van der Waals surface area contributed by atoms with E-state index in [0.717, 1.165) is 46.4 Å². The molecule has 0 radical (unpaired) electrons. The highest BCUT2D eigenvalue weighted by molar-refractivity contribution is 8.01. The van der Waals surface area contributed by atoms with Gasteiger partial charge in [0.25, 0.3) is 0 Å². The minimum absolute atomic E-state index is 0.0271. The van der Waals surface area contributed by atoms with Crippen molar-refractivity contribution >= 4 is 34.1 Å². The molecule has 0 fully saturated rings. The summed E-state index contributed by atoms with van der Waals surface area (Å²) in [5, 5.41) is 11.5. The van der Waals surface area contributed by atoms with Gasteiger partial charge in [0.1, 0.15) is 13.2 Å². The monoisotopic (exact) mass is 379 g/mol. The van der Waals surface area contributed by atoms with Gasteiger partial charge < -0.3 is 14.8 Å². The van der Waals surface area contributed by atoms with Crippen molar-refractivity contribution in [2.24, 2.45) is 0 Å². The molecule has 0 saturated heterocycles. The number of ether oxygens (including phenoxy) is 2. The van der Waals surface area contributed by atoms with E-state index in [1.54, 1.807) is 11.8 Å². The zero-order valence-electron chi connectivity index (χ0n) is 14.1. The Labute approximate surface area is 155 Å². The van der Waals surface area contributed by atoms with Crippen LogP contribution in [0.2, 0.25) is 0 Å². The van der Waals surface area contributed by atoms with Gasteiger partial charge in [0.2, 0.25) is 11.0 Å². The van der Waals surface area contributed by atoms with Crippen molar-refractivity contribution in [3.05, 3.63) is 23.8 Å². The lowest BCUT2D eigenvalue weighted by Gasteiger charge is -2.18. The van der Waals surface area contributed by atoms with Crippen molar-refractivity contribution < 1.29 is 14.3 Å². The number of nitrogens with one attached hydrogen (secondary N) is 1. The number of carbonyl (C=O) groups excluding carboxylic acids is 1. The Morgan fingerprint density at radius 2 is 2.12 bits per heavy atom. The van der Waals surface area contributed by atoms with E-state index in [4.69, 9.17) is 9.47 Å². The van der Waals surface area contributed by atoms with E-state index >= 15 is 0 Å². The fourth-order valence-corrected chi connectivity index (χ4v) is 4.08. The molecule has 0 unspecified atom stereocenters. The average molecular weight is 380 g/mol. The topological polar surface area (TPSA) is 73.3 Å². The minimum Gasteiger partial charge on any atom is -0.486 e. The molecular formula is C17H21N3O3S2. The van der Waals surface area contributed by atoms with Gasteiger partial charge >= 0.3 is 0 Å². The Bertz CT molecular complexity index is 721. The third-order valence-electron chi connectivity index (χ3n) is 3.56. The molecule has 2 heterocycles. The first kappa shape index (κ1) is 18.0. The summed E-state index contributed by atoms with van der Waals surface area (Å²) in [6.45, 7) is 3.30. The smallest absolute Gasteiger partial charge is 0.226 e. The van der Waals surface area contributed by atoms with Crippen molar-refractivity contribution in [1.29, 1.82) is 0 Å². The van der Waals surface area contributed by atoms with Gasteiger partial charge in [-0.3, -0.25) is 4.79 Å². The Morgan fingerprint density at radius 3 is 2.96 bits per heavy atom. The van der Waals surface area contributed by atoms with E-state index in [9.17, 15) is 4.79 Å². The zero-order valence-corrected chi connectivity index (χ0v) is 15.8. The second-order valence-corrected chi connectivity index (χ2v) is 7.92. The average Bonchev–Trinajstić information content (AvgIpc) is 3.07. The molecule has 1 aliphatic rings. The number of nitrogens with zero attached hydrogens (tertiary/aromatic N) is 2. The van der Waals surface area contributed by atoms with Crippen LogP contribution in [0.25, 0.3) is 0 Å². The van der Waals surface area contributed by atoms with Gasteiger partial charge in [0.15, 0.2) is 15.8 Å². The number of benzene rings is 1. The first-order valence-corrected chi connectivity index (χ1v) is 10.2. The molecule has 134 valence electrons. The van der Waals surface area contributed by atoms with Crippen molar-refractivity contribution in [2.75, 3.05) is 24.3 Å². The van der Waals surface area contributed by atoms with Crippen LogP contribution in [0.3, 0.4) is 0 Å². The highest BCUT2D eigenvalue weighted by atomic mass is 32.2. The SMILES string of the molecule is CCCSc1nnc(NC(=O)CCCc2ccc3c(c2)OCCO3)s1. The lowest BCUT2D eigenvalue weighted by atomic mass is 10.1. The molecule has 1 aromatic carbocycles. The van der Waals surface area contributed by atoms with E-state index < -0.39 is 0 Å². The maximum Gasteiger partial charge on any atom is 0.226 e. The van der Waals surface area contributed by atoms with Crippen LogP contribution in [0.5, 0.6) is 11.5 Å². The molecule has 0 spiro atoms. The molecule has 0 saturated carbocycles. The van der Waals surface area contributed by atoms with Crippen LogP contribution in [0.4, 0.5) is 5.13 Å².